The van der Waals surface area contributed by atoms with Crippen LogP contribution in [0.15, 0.2) is 42.6 Å². The first kappa shape index (κ1) is 20.1. The van der Waals surface area contributed by atoms with Gasteiger partial charge in [-0.1, -0.05) is 0 Å². The summed E-state index contributed by atoms with van der Waals surface area (Å²) in [7, 11) is 0. The number of hydrogen-bond donors (Lipinski definition) is 5. The Morgan fingerprint density at radius 2 is 1.82 bits per heavy atom. The van der Waals surface area contributed by atoms with Crippen molar-refractivity contribution in [2.75, 3.05) is 11.9 Å². The van der Waals surface area contributed by atoms with Crippen LogP contribution in [0.2, 0.25) is 0 Å². The molecule has 1 unspecified atom stereocenters. The zero-order chi connectivity index (χ0) is 20.5. The van der Waals surface area contributed by atoms with Crippen molar-refractivity contribution in [3.05, 3.63) is 53.9 Å². The van der Waals surface area contributed by atoms with Gasteiger partial charge in [-0.05, 0) is 36.4 Å². The summed E-state index contributed by atoms with van der Waals surface area (Å²) < 4.78 is 0. The number of aromatic nitrogens is 2. The number of nitrogens with two attached hydrogens (primary N) is 1. The molecule has 1 heterocycles. The molecular weight excluding hydrogens is 364 g/mol. The second-order valence-corrected chi connectivity index (χ2v) is 5.44. The first-order valence-electron chi connectivity index (χ1n) is 7.92. The van der Waals surface area contributed by atoms with E-state index < -0.39 is 23.7 Å². The Bertz CT molecular complexity index is 948. The minimum atomic E-state index is -1.18. The van der Waals surface area contributed by atoms with Gasteiger partial charge in [-0.25, -0.2) is 0 Å². The van der Waals surface area contributed by atoms with E-state index in [1.54, 1.807) is 12.1 Å². The maximum absolute atomic E-state index is 11.8. The number of carboxylic acids is 1. The monoisotopic (exact) mass is 380 g/mol. The Labute approximate surface area is 159 Å². The fourth-order valence-electron chi connectivity index (χ4n) is 2.07. The van der Waals surface area contributed by atoms with Crippen molar-refractivity contribution in [3.8, 4) is 11.8 Å². The number of aliphatic carboxylic acids is 1. The summed E-state index contributed by atoms with van der Waals surface area (Å²) >= 11 is 0. The molecule has 0 aliphatic carbocycles. The lowest BCUT2D eigenvalue weighted by molar-refractivity contribution is -0.138. The number of nitrogens with one attached hydrogen (secondary N) is 3. The first-order chi connectivity index (χ1) is 13.4. The van der Waals surface area contributed by atoms with E-state index in [0.29, 0.717) is 11.3 Å². The Kier molecular flexibility index (Phi) is 6.76. The average molecular weight is 380 g/mol. The maximum Gasteiger partial charge on any atom is 0.314 e. The van der Waals surface area contributed by atoms with Crippen LogP contribution < -0.4 is 16.4 Å². The summed E-state index contributed by atoms with van der Waals surface area (Å²) in [6.07, 6.45) is 1.40. The number of carboxylic acid groups (broad SMARTS) is 1. The molecule has 0 aliphatic heterocycles. The number of benzene rings is 1. The lowest BCUT2D eigenvalue weighted by Gasteiger charge is -2.10. The molecule has 0 fully saturated rings. The van der Waals surface area contributed by atoms with E-state index in [0.717, 1.165) is 0 Å². The third-order valence-corrected chi connectivity index (χ3v) is 3.46. The van der Waals surface area contributed by atoms with Gasteiger partial charge in [-0.3, -0.25) is 19.8 Å². The molecule has 1 aromatic carbocycles. The molecule has 0 spiro atoms. The Balaban J connectivity index is 1.90. The van der Waals surface area contributed by atoms with Crippen LogP contribution in [0.5, 0.6) is 0 Å². The number of carbonyl (C=O) groups excluding carboxylic acids is 2. The number of rotatable bonds is 6. The summed E-state index contributed by atoms with van der Waals surface area (Å²) in [5, 5.41) is 28.6. The van der Waals surface area contributed by atoms with Crippen molar-refractivity contribution in [1.29, 1.82) is 5.41 Å². The molecule has 1 aromatic heterocycles. The molecule has 0 aliphatic rings. The molecule has 0 radical (unpaired) electrons. The zero-order valence-electron chi connectivity index (χ0n) is 14.5. The first-order valence-corrected chi connectivity index (χ1v) is 7.92. The van der Waals surface area contributed by atoms with Crippen molar-refractivity contribution >= 4 is 29.3 Å². The number of amides is 2. The van der Waals surface area contributed by atoms with Crippen molar-refractivity contribution in [1.82, 2.24) is 15.5 Å². The van der Waals surface area contributed by atoms with Crippen LogP contribution in [-0.4, -0.2) is 45.5 Å². The maximum atomic E-state index is 11.8. The van der Waals surface area contributed by atoms with Gasteiger partial charge in [0.1, 0.15) is 11.8 Å². The smallest absolute Gasteiger partial charge is 0.314 e. The van der Waals surface area contributed by atoms with Gasteiger partial charge in [-0.2, -0.15) is 10.2 Å². The van der Waals surface area contributed by atoms with Gasteiger partial charge >= 0.3 is 11.9 Å². The summed E-state index contributed by atoms with van der Waals surface area (Å²) in [6.45, 7) is -0.254. The van der Waals surface area contributed by atoms with Crippen molar-refractivity contribution in [2.45, 2.75) is 5.92 Å². The van der Waals surface area contributed by atoms with E-state index in [1.165, 1.54) is 30.5 Å². The molecule has 10 heteroatoms. The van der Waals surface area contributed by atoms with Crippen molar-refractivity contribution < 1.29 is 19.5 Å². The Morgan fingerprint density at radius 1 is 1.14 bits per heavy atom. The van der Waals surface area contributed by atoms with Crippen LogP contribution in [0, 0.1) is 17.3 Å². The molecule has 28 heavy (non-hydrogen) atoms. The number of nitrogens with zero attached hydrogens (tertiary/aromatic N) is 2. The van der Waals surface area contributed by atoms with E-state index in [-0.39, 0.29) is 18.1 Å². The molecule has 2 amide bonds. The van der Waals surface area contributed by atoms with E-state index in [4.69, 9.17) is 11.1 Å². The second-order valence-electron chi connectivity index (χ2n) is 5.44. The van der Waals surface area contributed by atoms with Gasteiger partial charge < -0.3 is 21.5 Å². The molecule has 142 valence electrons. The Hall–Kier alpha value is -4.26. The highest BCUT2D eigenvalue weighted by molar-refractivity contribution is 6.08. The molecule has 0 saturated heterocycles. The molecule has 1 atom stereocenters. The second kappa shape index (κ2) is 9.44. The SMILES string of the molecule is N=C(N)c1ccc(NC(=O)C#CC(=O)NCC(C(=O)O)c2cccnn2)cc1. The van der Waals surface area contributed by atoms with Gasteiger partial charge in [-0.15, -0.1) is 0 Å². The van der Waals surface area contributed by atoms with Gasteiger partial charge in [0.05, 0.1) is 5.69 Å². The van der Waals surface area contributed by atoms with Gasteiger partial charge in [0, 0.05) is 35.8 Å². The number of nitrogen functional groups attached to an aromatic ring is 1. The van der Waals surface area contributed by atoms with Crippen LogP contribution in [-0.2, 0) is 14.4 Å². The number of amidine groups is 1. The highest BCUT2D eigenvalue weighted by Gasteiger charge is 2.22. The molecule has 6 N–H and O–H groups in total. The molecule has 0 saturated carbocycles. The summed E-state index contributed by atoms with van der Waals surface area (Å²) in [6, 6.07) is 9.19. The lowest BCUT2D eigenvalue weighted by Crippen LogP contribution is -2.31. The number of carbonyl (C=O) groups is 3. The third kappa shape index (κ3) is 5.92. The minimum Gasteiger partial charge on any atom is -0.481 e. The van der Waals surface area contributed by atoms with Crippen LogP contribution in [0.4, 0.5) is 5.69 Å². The summed E-state index contributed by atoms with van der Waals surface area (Å²) in [4.78, 5) is 34.8. The van der Waals surface area contributed by atoms with Crippen molar-refractivity contribution in [3.63, 3.8) is 0 Å². The van der Waals surface area contributed by atoms with E-state index in [1.807, 2.05) is 0 Å². The quantitative estimate of drug-likeness (QED) is 0.260. The molecule has 2 aromatic rings. The van der Waals surface area contributed by atoms with Crippen LogP contribution in [0.25, 0.3) is 0 Å². The normalized spacial score (nSPS) is 10.7. The number of anilines is 1. The van der Waals surface area contributed by atoms with Crippen LogP contribution in [0.1, 0.15) is 17.2 Å². The van der Waals surface area contributed by atoms with Crippen molar-refractivity contribution in [2.24, 2.45) is 5.73 Å². The molecular formula is C18H16N6O4. The molecule has 10 nitrogen and oxygen atoms in total. The van der Waals surface area contributed by atoms with Crippen LogP contribution in [0.3, 0.4) is 0 Å². The standard InChI is InChI=1S/C18H16N6O4/c19-17(20)11-3-5-12(6-4-11)23-16(26)8-7-15(25)21-10-13(18(27)28)14-2-1-9-22-24-14/h1-6,9,13H,10H2,(H3,19,20)(H,21,25)(H,23,26)(H,27,28). The average Bonchev–Trinajstić information content (AvgIpc) is 2.67. The number of hydrogen-bond acceptors (Lipinski definition) is 6. The van der Waals surface area contributed by atoms with Gasteiger partial charge in [0.2, 0.25) is 0 Å². The summed E-state index contributed by atoms with van der Waals surface area (Å²) in [5.74, 6) is 0.283. The topological polar surface area (TPSA) is 171 Å². The predicted octanol–water partition coefficient (Wildman–Crippen LogP) is -0.313. The highest BCUT2D eigenvalue weighted by Crippen LogP contribution is 2.11. The lowest BCUT2D eigenvalue weighted by atomic mass is 10.1. The largest absolute Gasteiger partial charge is 0.481 e. The zero-order valence-corrected chi connectivity index (χ0v) is 14.5. The minimum absolute atomic E-state index is 0.101. The predicted molar refractivity (Wildman–Crippen MR) is 99.3 cm³/mol. The fourth-order valence-corrected chi connectivity index (χ4v) is 2.07. The van der Waals surface area contributed by atoms with E-state index >= 15 is 0 Å². The van der Waals surface area contributed by atoms with E-state index in [2.05, 4.69) is 32.7 Å². The van der Waals surface area contributed by atoms with E-state index in [9.17, 15) is 19.5 Å². The Morgan fingerprint density at radius 3 is 2.39 bits per heavy atom. The summed E-state index contributed by atoms with van der Waals surface area (Å²) in [5.41, 5.74) is 6.44. The third-order valence-electron chi connectivity index (χ3n) is 3.46. The fraction of sp³-hybridized carbons (Fsp3) is 0.111. The van der Waals surface area contributed by atoms with Crippen LogP contribution >= 0.6 is 0 Å². The molecule has 0 bridgehead atoms. The van der Waals surface area contributed by atoms with Gasteiger partial charge in [0.25, 0.3) is 5.91 Å². The molecule has 2 rings (SSSR count). The highest BCUT2D eigenvalue weighted by atomic mass is 16.4. The van der Waals surface area contributed by atoms with Gasteiger partial charge in [0.15, 0.2) is 0 Å².